The van der Waals surface area contributed by atoms with Gasteiger partial charge in [-0.05, 0) is 34.2 Å². The van der Waals surface area contributed by atoms with Crippen molar-refractivity contribution < 1.29 is 13.8 Å². The number of rotatable bonds is 4. The van der Waals surface area contributed by atoms with Crippen molar-refractivity contribution in [3.8, 4) is 11.4 Å². The van der Waals surface area contributed by atoms with Gasteiger partial charge in [-0.2, -0.15) is 4.98 Å². The van der Waals surface area contributed by atoms with Crippen molar-refractivity contribution in [3.05, 3.63) is 58.6 Å². The topological polar surface area (TPSA) is 99.9 Å². The second kappa shape index (κ2) is 5.12. The van der Waals surface area contributed by atoms with Crippen LogP contribution in [0.2, 0.25) is 0 Å². The van der Waals surface area contributed by atoms with E-state index in [9.17, 15) is 14.5 Å². The van der Waals surface area contributed by atoms with Crippen LogP contribution < -0.4 is 0 Å². The van der Waals surface area contributed by atoms with Crippen LogP contribution >= 0.6 is 0 Å². The molecule has 21 heavy (non-hydrogen) atoms. The number of benzene rings is 1. The Morgan fingerprint density at radius 2 is 2.10 bits per heavy atom. The molecule has 0 unspecified atom stereocenters. The average molecular weight is 289 g/mol. The highest BCUT2D eigenvalue weighted by atomic mass is 19.1. The Morgan fingerprint density at radius 1 is 1.33 bits per heavy atom. The fraction of sp³-hybridized carbons (Fsp3) is 0.0833. The van der Waals surface area contributed by atoms with Gasteiger partial charge in [-0.15, -0.1) is 0 Å². The first-order valence-corrected chi connectivity index (χ1v) is 5.86. The van der Waals surface area contributed by atoms with Gasteiger partial charge in [0.2, 0.25) is 18.0 Å². The SMILES string of the molecule is O=[N+]([O-])c1cn(Cc2nc(-c3ccc(F)cc3)no2)cn1. The van der Waals surface area contributed by atoms with Crippen LogP contribution in [0.5, 0.6) is 0 Å². The lowest BCUT2D eigenvalue weighted by atomic mass is 10.2. The molecule has 0 amide bonds. The number of imidazole rings is 1. The maximum atomic E-state index is 12.8. The number of aromatic nitrogens is 4. The van der Waals surface area contributed by atoms with Gasteiger partial charge in [-0.1, -0.05) is 5.16 Å². The van der Waals surface area contributed by atoms with Crippen LogP contribution in [-0.2, 0) is 6.54 Å². The van der Waals surface area contributed by atoms with Gasteiger partial charge < -0.3 is 19.2 Å². The second-order valence-electron chi connectivity index (χ2n) is 4.18. The lowest BCUT2D eigenvalue weighted by Crippen LogP contribution is -1.96. The summed E-state index contributed by atoms with van der Waals surface area (Å²) in [6, 6.07) is 5.66. The molecule has 2 heterocycles. The van der Waals surface area contributed by atoms with E-state index in [4.69, 9.17) is 4.52 Å². The van der Waals surface area contributed by atoms with Gasteiger partial charge in [0.05, 0.1) is 0 Å². The number of nitro groups is 1. The molecule has 0 aliphatic carbocycles. The van der Waals surface area contributed by atoms with Gasteiger partial charge in [-0.25, -0.2) is 4.39 Å². The van der Waals surface area contributed by atoms with Crippen molar-refractivity contribution in [3.63, 3.8) is 0 Å². The number of hydrogen-bond acceptors (Lipinski definition) is 6. The van der Waals surface area contributed by atoms with Crippen LogP contribution in [0, 0.1) is 15.9 Å². The van der Waals surface area contributed by atoms with Crippen molar-refractivity contribution in [2.45, 2.75) is 6.54 Å². The smallest absolute Gasteiger partial charge is 0.358 e. The predicted molar refractivity (Wildman–Crippen MR) is 67.7 cm³/mol. The quantitative estimate of drug-likeness (QED) is 0.538. The molecule has 0 spiro atoms. The maximum absolute atomic E-state index is 12.8. The molecular weight excluding hydrogens is 281 g/mol. The third kappa shape index (κ3) is 2.76. The molecule has 0 aliphatic rings. The van der Waals surface area contributed by atoms with E-state index in [1.54, 1.807) is 0 Å². The van der Waals surface area contributed by atoms with Crippen LogP contribution in [0.25, 0.3) is 11.4 Å². The predicted octanol–water partition coefficient (Wildman–Crippen LogP) is 2.03. The van der Waals surface area contributed by atoms with Crippen molar-refractivity contribution >= 4 is 5.82 Å². The summed E-state index contributed by atoms with van der Waals surface area (Å²) in [4.78, 5) is 17.7. The Morgan fingerprint density at radius 3 is 2.76 bits per heavy atom. The average Bonchev–Trinajstić information content (AvgIpc) is 3.10. The zero-order chi connectivity index (χ0) is 14.8. The van der Waals surface area contributed by atoms with Gasteiger partial charge in [0.15, 0.2) is 0 Å². The zero-order valence-corrected chi connectivity index (χ0v) is 10.5. The second-order valence-corrected chi connectivity index (χ2v) is 4.18. The highest BCUT2D eigenvalue weighted by Crippen LogP contribution is 2.16. The Kier molecular flexibility index (Phi) is 3.14. The number of halogens is 1. The summed E-state index contributed by atoms with van der Waals surface area (Å²) in [5.74, 6) is -0.0253. The molecule has 0 bridgehead atoms. The van der Waals surface area contributed by atoms with Crippen molar-refractivity contribution in [1.82, 2.24) is 19.7 Å². The summed E-state index contributed by atoms with van der Waals surface area (Å²) in [5, 5.41) is 14.3. The molecule has 8 nitrogen and oxygen atoms in total. The lowest BCUT2D eigenvalue weighted by Gasteiger charge is -1.93. The molecule has 0 radical (unpaired) electrons. The largest absolute Gasteiger partial charge is 0.381 e. The summed E-state index contributed by atoms with van der Waals surface area (Å²) in [6.07, 6.45) is 2.57. The van der Waals surface area contributed by atoms with Gasteiger partial charge in [0, 0.05) is 5.56 Å². The maximum Gasteiger partial charge on any atom is 0.381 e. The minimum absolute atomic E-state index is 0.162. The molecule has 0 saturated carbocycles. The van der Waals surface area contributed by atoms with E-state index in [0.29, 0.717) is 11.4 Å². The standard InChI is InChI=1S/C12H8FN5O3/c13-9-3-1-8(2-4-9)12-15-11(21-16-12)6-17-5-10(14-7-17)18(19)20/h1-5,7H,6H2. The van der Waals surface area contributed by atoms with Crippen molar-refractivity contribution in [2.75, 3.05) is 0 Å². The fourth-order valence-corrected chi connectivity index (χ4v) is 1.72. The molecule has 106 valence electrons. The molecule has 9 heteroatoms. The molecule has 2 aromatic heterocycles. The van der Waals surface area contributed by atoms with Gasteiger partial charge >= 0.3 is 5.82 Å². The molecular formula is C12H8FN5O3. The van der Waals surface area contributed by atoms with Gasteiger partial charge in [0.1, 0.15) is 18.6 Å². The van der Waals surface area contributed by atoms with E-state index in [0.717, 1.165) is 0 Å². The highest BCUT2D eigenvalue weighted by Gasteiger charge is 2.13. The molecule has 0 aliphatic heterocycles. The van der Waals surface area contributed by atoms with E-state index in [1.165, 1.54) is 41.4 Å². The first-order chi connectivity index (χ1) is 10.1. The van der Waals surface area contributed by atoms with E-state index < -0.39 is 4.92 Å². The monoisotopic (exact) mass is 289 g/mol. The lowest BCUT2D eigenvalue weighted by molar-refractivity contribution is -0.389. The van der Waals surface area contributed by atoms with E-state index in [2.05, 4.69) is 15.1 Å². The Balaban J connectivity index is 1.78. The van der Waals surface area contributed by atoms with Crippen LogP contribution in [0.4, 0.5) is 10.2 Å². The first kappa shape index (κ1) is 12.9. The number of hydrogen-bond donors (Lipinski definition) is 0. The molecule has 1 aromatic carbocycles. The van der Waals surface area contributed by atoms with Crippen LogP contribution in [0.15, 0.2) is 41.3 Å². The van der Waals surface area contributed by atoms with Crippen molar-refractivity contribution in [2.24, 2.45) is 0 Å². The highest BCUT2D eigenvalue weighted by molar-refractivity contribution is 5.53. The third-order valence-electron chi connectivity index (χ3n) is 2.70. The first-order valence-electron chi connectivity index (χ1n) is 5.86. The third-order valence-corrected chi connectivity index (χ3v) is 2.70. The Bertz CT molecular complexity index is 780. The molecule has 0 N–H and O–H groups in total. The summed E-state index contributed by atoms with van der Waals surface area (Å²) in [7, 11) is 0. The van der Waals surface area contributed by atoms with Gasteiger partial charge in [-0.3, -0.25) is 0 Å². The molecule has 3 rings (SSSR count). The Hall–Kier alpha value is -3.10. The summed E-state index contributed by atoms with van der Waals surface area (Å²) in [6.45, 7) is 0.162. The number of nitrogens with zero attached hydrogens (tertiary/aromatic N) is 5. The van der Waals surface area contributed by atoms with Gasteiger partial charge in [0.25, 0.3) is 0 Å². The Labute approximate surface area is 117 Å². The van der Waals surface area contributed by atoms with E-state index in [1.807, 2.05) is 0 Å². The summed E-state index contributed by atoms with van der Waals surface area (Å²) in [5.41, 5.74) is 0.614. The minimum Gasteiger partial charge on any atom is -0.358 e. The van der Waals surface area contributed by atoms with Crippen molar-refractivity contribution in [1.29, 1.82) is 0 Å². The van der Waals surface area contributed by atoms with E-state index in [-0.39, 0.29) is 24.1 Å². The van der Waals surface area contributed by atoms with E-state index >= 15 is 0 Å². The summed E-state index contributed by atoms with van der Waals surface area (Å²) >= 11 is 0. The van der Waals surface area contributed by atoms with Crippen LogP contribution in [0.1, 0.15) is 5.89 Å². The molecule has 0 saturated heterocycles. The molecule has 3 aromatic rings. The fourth-order valence-electron chi connectivity index (χ4n) is 1.72. The van der Waals surface area contributed by atoms with Crippen LogP contribution in [-0.4, -0.2) is 24.6 Å². The minimum atomic E-state index is -0.589. The zero-order valence-electron chi connectivity index (χ0n) is 10.5. The van der Waals surface area contributed by atoms with Crippen LogP contribution in [0.3, 0.4) is 0 Å². The normalized spacial score (nSPS) is 10.7. The molecule has 0 fully saturated rings. The summed E-state index contributed by atoms with van der Waals surface area (Å²) < 4.78 is 19.3. The molecule has 0 atom stereocenters.